The van der Waals surface area contributed by atoms with Gasteiger partial charge in [-0.1, -0.05) is 23.4 Å². The standard InChI is InChI=1S/C15H14N2O4/c1-10(17-15(20)13-7-8-16-21-13)12-4-2-3-11(9-12)5-6-14(18)19/h2-10H,1H3,(H,17,20)(H,18,19). The highest BCUT2D eigenvalue weighted by molar-refractivity contribution is 5.91. The van der Waals surface area contributed by atoms with Gasteiger partial charge in [0.2, 0.25) is 5.76 Å². The third-order valence-corrected chi connectivity index (χ3v) is 2.84. The number of hydrogen-bond donors (Lipinski definition) is 2. The number of carbonyl (C=O) groups excluding carboxylic acids is 1. The van der Waals surface area contributed by atoms with Gasteiger partial charge in [-0.25, -0.2) is 4.79 Å². The summed E-state index contributed by atoms with van der Waals surface area (Å²) in [4.78, 5) is 22.4. The predicted molar refractivity (Wildman–Crippen MR) is 75.5 cm³/mol. The number of benzene rings is 1. The maximum Gasteiger partial charge on any atom is 0.328 e. The Balaban J connectivity index is 2.08. The molecule has 0 aliphatic carbocycles. The Morgan fingerprint density at radius 3 is 2.86 bits per heavy atom. The van der Waals surface area contributed by atoms with E-state index in [1.807, 2.05) is 19.1 Å². The largest absolute Gasteiger partial charge is 0.478 e. The van der Waals surface area contributed by atoms with Crippen LogP contribution in [-0.4, -0.2) is 22.1 Å². The van der Waals surface area contributed by atoms with Gasteiger partial charge in [-0.15, -0.1) is 0 Å². The van der Waals surface area contributed by atoms with Crippen molar-refractivity contribution in [2.24, 2.45) is 0 Å². The number of nitrogens with zero attached hydrogens (tertiary/aromatic N) is 1. The Morgan fingerprint density at radius 2 is 2.19 bits per heavy atom. The van der Waals surface area contributed by atoms with Crippen molar-refractivity contribution in [1.82, 2.24) is 10.5 Å². The molecular formula is C15H14N2O4. The number of rotatable bonds is 5. The Kier molecular flexibility index (Phi) is 4.50. The van der Waals surface area contributed by atoms with Crippen molar-refractivity contribution < 1.29 is 19.2 Å². The molecule has 1 heterocycles. The zero-order chi connectivity index (χ0) is 15.2. The van der Waals surface area contributed by atoms with Crippen molar-refractivity contribution >= 4 is 18.0 Å². The Hall–Kier alpha value is -2.89. The summed E-state index contributed by atoms with van der Waals surface area (Å²) in [6, 6.07) is 8.48. The second-order valence-corrected chi connectivity index (χ2v) is 4.41. The summed E-state index contributed by atoms with van der Waals surface area (Å²) >= 11 is 0. The van der Waals surface area contributed by atoms with E-state index in [1.54, 1.807) is 12.1 Å². The van der Waals surface area contributed by atoms with Gasteiger partial charge < -0.3 is 14.9 Å². The number of aliphatic carboxylic acids is 1. The van der Waals surface area contributed by atoms with E-state index in [4.69, 9.17) is 9.63 Å². The van der Waals surface area contributed by atoms with Gasteiger partial charge in [-0.05, 0) is 30.2 Å². The van der Waals surface area contributed by atoms with Crippen molar-refractivity contribution in [3.05, 3.63) is 59.5 Å². The summed E-state index contributed by atoms with van der Waals surface area (Å²) in [6.45, 7) is 1.83. The Labute approximate surface area is 121 Å². The number of hydrogen-bond acceptors (Lipinski definition) is 4. The monoisotopic (exact) mass is 286 g/mol. The molecule has 6 heteroatoms. The Morgan fingerprint density at radius 1 is 1.38 bits per heavy atom. The number of carbonyl (C=O) groups is 2. The molecule has 2 rings (SSSR count). The Bertz CT molecular complexity index is 662. The van der Waals surface area contributed by atoms with Gasteiger partial charge in [-0.2, -0.15) is 0 Å². The minimum Gasteiger partial charge on any atom is -0.478 e. The number of carboxylic acids is 1. The molecule has 0 spiro atoms. The van der Waals surface area contributed by atoms with Crippen LogP contribution in [-0.2, 0) is 4.79 Å². The van der Waals surface area contributed by atoms with Gasteiger partial charge >= 0.3 is 5.97 Å². The zero-order valence-electron chi connectivity index (χ0n) is 11.3. The minimum absolute atomic E-state index is 0.142. The topological polar surface area (TPSA) is 92.4 Å². The summed E-state index contributed by atoms with van der Waals surface area (Å²) in [7, 11) is 0. The van der Waals surface area contributed by atoms with Crippen LogP contribution < -0.4 is 5.32 Å². The molecule has 0 aliphatic rings. The molecule has 108 valence electrons. The lowest BCUT2D eigenvalue weighted by atomic mass is 10.0. The maximum absolute atomic E-state index is 11.9. The van der Waals surface area contributed by atoms with Gasteiger partial charge in [0, 0.05) is 12.1 Å². The third-order valence-electron chi connectivity index (χ3n) is 2.84. The molecule has 0 fully saturated rings. The van der Waals surface area contributed by atoms with E-state index in [2.05, 4.69) is 10.5 Å². The highest BCUT2D eigenvalue weighted by Crippen LogP contribution is 2.16. The van der Waals surface area contributed by atoms with Crippen molar-refractivity contribution in [2.45, 2.75) is 13.0 Å². The van der Waals surface area contributed by atoms with Gasteiger partial charge in [0.15, 0.2) is 0 Å². The van der Waals surface area contributed by atoms with Crippen molar-refractivity contribution in [3.8, 4) is 0 Å². The van der Waals surface area contributed by atoms with E-state index in [0.29, 0.717) is 0 Å². The summed E-state index contributed by atoms with van der Waals surface area (Å²) in [6.07, 6.45) is 3.96. The number of nitrogens with one attached hydrogen (secondary N) is 1. The molecule has 0 saturated heterocycles. The van der Waals surface area contributed by atoms with Crippen LogP contribution in [0.3, 0.4) is 0 Å². The third kappa shape index (κ3) is 4.04. The fourth-order valence-corrected chi connectivity index (χ4v) is 1.78. The lowest BCUT2D eigenvalue weighted by molar-refractivity contribution is -0.131. The number of amides is 1. The smallest absolute Gasteiger partial charge is 0.328 e. The molecule has 2 aromatic rings. The summed E-state index contributed by atoms with van der Waals surface area (Å²) in [5.74, 6) is -1.22. The van der Waals surface area contributed by atoms with Crippen LogP contribution in [0.4, 0.5) is 0 Å². The van der Waals surface area contributed by atoms with Crippen LogP contribution in [0.15, 0.2) is 47.1 Å². The van der Waals surface area contributed by atoms with Gasteiger partial charge in [-0.3, -0.25) is 4.79 Å². The van der Waals surface area contributed by atoms with E-state index in [1.165, 1.54) is 18.3 Å². The molecule has 1 aromatic heterocycles. The highest BCUT2D eigenvalue weighted by atomic mass is 16.5. The highest BCUT2D eigenvalue weighted by Gasteiger charge is 2.14. The van der Waals surface area contributed by atoms with Crippen molar-refractivity contribution in [3.63, 3.8) is 0 Å². The van der Waals surface area contributed by atoms with E-state index in [0.717, 1.165) is 17.2 Å². The molecule has 1 aromatic carbocycles. The molecular weight excluding hydrogens is 272 g/mol. The molecule has 6 nitrogen and oxygen atoms in total. The van der Waals surface area contributed by atoms with Crippen molar-refractivity contribution in [1.29, 1.82) is 0 Å². The van der Waals surface area contributed by atoms with E-state index in [9.17, 15) is 9.59 Å². The molecule has 1 atom stereocenters. The SMILES string of the molecule is CC(NC(=O)c1ccno1)c1cccc(C=CC(=O)O)c1. The molecule has 2 N–H and O–H groups in total. The minimum atomic E-state index is -1.01. The lowest BCUT2D eigenvalue weighted by Crippen LogP contribution is -2.26. The molecule has 0 saturated carbocycles. The number of carboxylic acid groups (broad SMARTS) is 1. The first-order chi connectivity index (χ1) is 10.1. The van der Waals surface area contributed by atoms with Gasteiger partial charge in [0.05, 0.1) is 12.2 Å². The first kappa shape index (κ1) is 14.5. The fourth-order valence-electron chi connectivity index (χ4n) is 1.78. The lowest BCUT2D eigenvalue weighted by Gasteiger charge is -2.13. The van der Waals surface area contributed by atoms with Crippen LogP contribution in [0, 0.1) is 0 Å². The van der Waals surface area contributed by atoms with E-state index in [-0.39, 0.29) is 17.7 Å². The van der Waals surface area contributed by atoms with E-state index >= 15 is 0 Å². The van der Waals surface area contributed by atoms with Crippen LogP contribution >= 0.6 is 0 Å². The predicted octanol–water partition coefficient (Wildman–Crippen LogP) is 2.26. The van der Waals surface area contributed by atoms with Crippen LogP contribution in [0.25, 0.3) is 6.08 Å². The van der Waals surface area contributed by atoms with Crippen LogP contribution in [0.2, 0.25) is 0 Å². The zero-order valence-corrected chi connectivity index (χ0v) is 11.3. The van der Waals surface area contributed by atoms with Crippen LogP contribution in [0.5, 0.6) is 0 Å². The average Bonchev–Trinajstić information content (AvgIpc) is 2.99. The second kappa shape index (κ2) is 6.51. The van der Waals surface area contributed by atoms with E-state index < -0.39 is 5.97 Å². The quantitative estimate of drug-likeness (QED) is 0.822. The molecule has 0 bridgehead atoms. The number of aromatic nitrogens is 1. The first-order valence-corrected chi connectivity index (χ1v) is 6.29. The van der Waals surface area contributed by atoms with Crippen molar-refractivity contribution in [2.75, 3.05) is 0 Å². The molecule has 1 unspecified atom stereocenters. The summed E-state index contributed by atoms with van der Waals surface area (Å²) in [5.41, 5.74) is 1.60. The van der Waals surface area contributed by atoms with Gasteiger partial charge in [0.25, 0.3) is 5.91 Å². The second-order valence-electron chi connectivity index (χ2n) is 4.41. The maximum atomic E-state index is 11.9. The molecule has 0 aliphatic heterocycles. The molecule has 21 heavy (non-hydrogen) atoms. The van der Waals surface area contributed by atoms with Gasteiger partial charge in [0.1, 0.15) is 0 Å². The molecule has 0 radical (unpaired) electrons. The molecule has 1 amide bonds. The normalized spacial score (nSPS) is 12.2. The fraction of sp³-hybridized carbons (Fsp3) is 0.133. The summed E-state index contributed by atoms with van der Waals surface area (Å²) < 4.78 is 4.78. The average molecular weight is 286 g/mol. The first-order valence-electron chi connectivity index (χ1n) is 6.29. The van der Waals surface area contributed by atoms with Crippen LogP contribution in [0.1, 0.15) is 34.6 Å². The summed E-state index contributed by atoms with van der Waals surface area (Å²) in [5, 5.41) is 14.9.